The number of aliphatic hydroxyl groups is 1. The number of methoxy groups -OCH3 is 1. The highest BCUT2D eigenvalue weighted by molar-refractivity contribution is 5.97. The fourth-order valence-electron chi connectivity index (χ4n) is 2.57. The first-order chi connectivity index (χ1) is 13.6. The molecule has 10 heteroatoms. The smallest absolute Gasteiger partial charge is 0.254 e. The molecule has 5 N–H and O–H groups in total. The van der Waals surface area contributed by atoms with Crippen molar-refractivity contribution in [2.75, 3.05) is 24.4 Å². The molecule has 0 atom stereocenters. The van der Waals surface area contributed by atoms with Crippen molar-refractivity contribution in [2.24, 2.45) is 5.73 Å². The van der Waals surface area contributed by atoms with Crippen LogP contribution in [0, 0.1) is 0 Å². The largest absolute Gasteiger partial charge is 0.496 e. The Morgan fingerprint density at radius 3 is 2.89 bits per heavy atom. The maximum atomic E-state index is 11.7. The average molecular weight is 383 g/mol. The normalized spacial score (nSPS) is 10.5. The lowest BCUT2D eigenvalue weighted by molar-refractivity contribution is 0.100. The van der Waals surface area contributed by atoms with Gasteiger partial charge in [0.2, 0.25) is 5.95 Å². The number of ether oxygens (including phenoxy) is 1. The van der Waals surface area contributed by atoms with Gasteiger partial charge in [-0.3, -0.25) is 9.48 Å². The molecule has 0 spiro atoms. The van der Waals surface area contributed by atoms with Crippen LogP contribution in [0.2, 0.25) is 0 Å². The summed E-state index contributed by atoms with van der Waals surface area (Å²) in [5.74, 6) is 0.666. The zero-order valence-corrected chi connectivity index (χ0v) is 15.3. The van der Waals surface area contributed by atoms with Crippen LogP contribution in [0.5, 0.6) is 5.75 Å². The second-order valence-electron chi connectivity index (χ2n) is 5.83. The molecule has 146 valence electrons. The molecule has 1 amide bonds. The first kappa shape index (κ1) is 19.1. The van der Waals surface area contributed by atoms with E-state index < -0.39 is 5.91 Å². The van der Waals surface area contributed by atoms with E-state index in [1.54, 1.807) is 24.2 Å². The molecule has 3 aromatic rings. The SMILES string of the molecule is COc1ccccc1CNc1nc(Nc2cnn(CCO)c2)ncc1C(N)=O. The molecule has 0 fully saturated rings. The summed E-state index contributed by atoms with van der Waals surface area (Å²) in [5.41, 5.74) is 7.17. The summed E-state index contributed by atoms with van der Waals surface area (Å²) in [7, 11) is 1.59. The Hall–Kier alpha value is -3.66. The highest BCUT2D eigenvalue weighted by Crippen LogP contribution is 2.21. The molecule has 28 heavy (non-hydrogen) atoms. The molecular formula is C18H21N7O3. The number of rotatable bonds is 9. The zero-order valence-electron chi connectivity index (χ0n) is 15.3. The number of amides is 1. The monoisotopic (exact) mass is 383 g/mol. The quantitative estimate of drug-likeness (QED) is 0.431. The molecule has 3 rings (SSSR count). The van der Waals surface area contributed by atoms with Gasteiger partial charge in [-0.05, 0) is 6.07 Å². The molecular weight excluding hydrogens is 362 g/mol. The third-order valence-corrected chi connectivity index (χ3v) is 3.91. The Morgan fingerprint density at radius 2 is 2.14 bits per heavy atom. The number of anilines is 3. The molecule has 0 saturated carbocycles. The highest BCUT2D eigenvalue weighted by atomic mass is 16.5. The Balaban J connectivity index is 1.80. The van der Waals surface area contributed by atoms with Crippen molar-refractivity contribution in [3.63, 3.8) is 0 Å². The maximum absolute atomic E-state index is 11.7. The maximum Gasteiger partial charge on any atom is 0.254 e. The number of nitrogens with one attached hydrogen (secondary N) is 2. The Labute approximate surface area is 161 Å². The minimum Gasteiger partial charge on any atom is -0.496 e. The van der Waals surface area contributed by atoms with E-state index in [9.17, 15) is 4.79 Å². The van der Waals surface area contributed by atoms with Crippen molar-refractivity contribution in [1.29, 1.82) is 0 Å². The summed E-state index contributed by atoms with van der Waals surface area (Å²) in [4.78, 5) is 20.2. The molecule has 2 aromatic heterocycles. The molecule has 1 aromatic carbocycles. The number of benzene rings is 1. The van der Waals surface area contributed by atoms with Crippen LogP contribution in [-0.2, 0) is 13.1 Å². The summed E-state index contributed by atoms with van der Waals surface area (Å²) >= 11 is 0. The van der Waals surface area contributed by atoms with Crippen LogP contribution >= 0.6 is 0 Å². The molecule has 0 bridgehead atoms. The molecule has 0 radical (unpaired) electrons. The summed E-state index contributed by atoms with van der Waals surface area (Å²) in [6, 6.07) is 7.53. The number of carbonyl (C=O) groups excluding carboxylic acids is 1. The minimum absolute atomic E-state index is 0.0120. The van der Waals surface area contributed by atoms with Gasteiger partial charge in [0.1, 0.15) is 11.6 Å². The third-order valence-electron chi connectivity index (χ3n) is 3.91. The van der Waals surface area contributed by atoms with Gasteiger partial charge in [0.15, 0.2) is 0 Å². The molecule has 0 saturated heterocycles. The number of hydrogen-bond acceptors (Lipinski definition) is 8. The van der Waals surface area contributed by atoms with Gasteiger partial charge >= 0.3 is 0 Å². The van der Waals surface area contributed by atoms with Crippen LogP contribution in [0.1, 0.15) is 15.9 Å². The van der Waals surface area contributed by atoms with Gasteiger partial charge in [0.05, 0.1) is 37.7 Å². The molecule has 0 aliphatic rings. The predicted octanol–water partition coefficient (Wildman–Crippen LogP) is 1.13. The van der Waals surface area contributed by atoms with Crippen LogP contribution in [0.4, 0.5) is 17.5 Å². The van der Waals surface area contributed by atoms with Crippen molar-refractivity contribution < 1.29 is 14.6 Å². The Bertz CT molecular complexity index is 958. The number of primary amides is 1. The molecule has 0 aliphatic heterocycles. The second kappa shape index (κ2) is 8.82. The second-order valence-corrected chi connectivity index (χ2v) is 5.83. The lowest BCUT2D eigenvalue weighted by Crippen LogP contribution is -2.17. The van der Waals surface area contributed by atoms with Crippen LogP contribution in [0.15, 0.2) is 42.9 Å². The molecule has 0 aliphatic carbocycles. The van der Waals surface area contributed by atoms with Gasteiger partial charge in [-0.2, -0.15) is 10.1 Å². The summed E-state index contributed by atoms with van der Waals surface area (Å²) in [6.45, 7) is 0.756. The number of hydrogen-bond donors (Lipinski definition) is 4. The van der Waals surface area contributed by atoms with Crippen molar-refractivity contribution in [2.45, 2.75) is 13.1 Å². The summed E-state index contributed by atoms with van der Waals surface area (Å²) in [6.07, 6.45) is 4.66. The standard InChI is InChI=1S/C18H21N7O3/c1-28-15-5-3-2-4-12(15)8-20-17-14(16(19)27)10-21-18(24-17)23-13-9-22-25(11-13)6-7-26/h2-5,9-11,26H,6-8H2,1H3,(H2,19,27)(H2,20,21,23,24). The first-order valence-electron chi connectivity index (χ1n) is 8.53. The van der Waals surface area contributed by atoms with Crippen LogP contribution in [0.3, 0.4) is 0 Å². The number of nitrogens with zero attached hydrogens (tertiary/aromatic N) is 4. The van der Waals surface area contributed by atoms with Gasteiger partial charge < -0.3 is 26.2 Å². The predicted molar refractivity (Wildman–Crippen MR) is 103 cm³/mol. The Kier molecular flexibility index (Phi) is 6.02. The molecule has 10 nitrogen and oxygen atoms in total. The lowest BCUT2D eigenvalue weighted by atomic mass is 10.2. The van der Waals surface area contributed by atoms with Crippen molar-refractivity contribution in [3.05, 3.63) is 54.0 Å². The highest BCUT2D eigenvalue weighted by Gasteiger charge is 2.13. The number of carbonyl (C=O) groups is 1. The van der Waals surface area contributed by atoms with E-state index in [1.807, 2.05) is 24.3 Å². The number of nitrogens with two attached hydrogens (primary N) is 1. The fraction of sp³-hybridized carbons (Fsp3) is 0.222. The van der Waals surface area contributed by atoms with E-state index in [4.69, 9.17) is 15.6 Å². The topological polar surface area (TPSA) is 140 Å². The lowest BCUT2D eigenvalue weighted by Gasteiger charge is -2.12. The van der Waals surface area contributed by atoms with Crippen LogP contribution in [0.25, 0.3) is 0 Å². The van der Waals surface area contributed by atoms with Crippen LogP contribution in [-0.4, -0.2) is 44.5 Å². The van der Waals surface area contributed by atoms with E-state index in [-0.39, 0.29) is 18.1 Å². The van der Waals surface area contributed by atoms with E-state index in [2.05, 4.69) is 25.7 Å². The average Bonchev–Trinajstić information content (AvgIpc) is 3.13. The van der Waals surface area contributed by atoms with Crippen molar-refractivity contribution in [1.82, 2.24) is 19.7 Å². The van der Waals surface area contributed by atoms with E-state index in [0.29, 0.717) is 24.6 Å². The molecule has 2 heterocycles. The van der Waals surface area contributed by atoms with E-state index in [0.717, 1.165) is 11.3 Å². The summed E-state index contributed by atoms with van der Waals surface area (Å²) < 4.78 is 6.92. The van der Waals surface area contributed by atoms with E-state index >= 15 is 0 Å². The van der Waals surface area contributed by atoms with Gasteiger partial charge in [0, 0.05) is 24.5 Å². The Morgan fingerprint density at radius 1 is 1.32 bits per heavy atom. The van der Waals surface area contributed by atoms with Gasteiger partial charge in [0.25, 0.3) is 5.91 Å². The number of aromatic nitrogens is 4. The van der Waals surface area contributed by atoms with E-state index in [1.165, 1.54) is 6.20 Å². The number of aliphatic hydroxyl groups excluding tert-OH is 1. The minimum atomic E-state index is -0.634. The van der Waals surface area contributed by atoms with Crippen molar-refractivity contribution >= 4 is 23.4 Å². The first-order valence-corrected chi connectivity index (χ1v) is 8.53. The molecule has 0 unspecified atom stereocenters. The third kappa shape index (κ3) is 4.54. The van der Waals surface area contributed by atoms with Gasteiger partial charge in [-0.15, -0.1) is 0 Å². The summed E-state index contributed by atoms with van der Waals surface area (Å²) in [5, 5.41) is 19.2. The van der Waals surface area contributed by atoms with Gasteiger partial charge in [-0.1, -0.05) is 18.2 Å². The number of para-hydroxylation sites is 1. The van der Waals surface area contributed by atoms with Crippen LogP contribution < -0.4 is 21.1 Å². The zero-order chi connectivity index (χ0) is 19.9. The van der Waals surface area contributed by atoms with Gasteiger partial charge in [-0.25, -0.2) is 4.98 Å². The fourth-order valence-corrected chi connectivity index (χ4v) is 2.57. The van der Waals surface area contributed by atoms with Crippen molar-refractivity contribution in [3.8, 4) is 5.75 Å².